The minimum Gasteiger partial charge on any atom is -0.334 e. The third kappa shape index (κ3) is 4.45. The quantitative estimate of drug-likeness (QED) is 0.682. The molecule has 0 aliphatic heterocycles. The van der Waals surface area contributed by atoms with Gasteiger partial charge >= 0.3 is 0 Å². The van der Waals surface area contributed by atoms with Gasteiger partial charge in [-0.15, -0.1) is 0 Å². The minimum atomic E-state index is 0.651. The normalized spacial score (nSPS) is 10.2. The molecule has 0 atom stereocenters. The van der Waals surface area contributed by atoms with Crippen LogP contribution >= 0.6 is 0 Å². The summed E-state index contributed by atoms with van der Waals surface area (Å²) in [6.07, 6.45) is 7.66. The first-order valence-corrected chi connectivity index (χ1v) is 5.96. The van der Waals surface area contributed by atoms with E-state index in [0.717, 1.165) is 44.7 Å². The molecule has 0 amide bonds. The van der Waals surface area contributed by atoms with E-state index in [-0.39, 0.29) is 0 Å². The highest BCUT2D eigenvalue weighted by Crippen LogP contribution is 2.02. The summed E-state index contributed by atoms with van der Waals surface area (Å²) in [6, 6.07) is 2.17. The van der Waals surface area contributed by atoms with E-state index < -0.39 is 0 Å². The molecule has 0 radical (unpaired) electrons. The largest absolute Gasteiger partial charge is 0.334 e. The summed E-state index contributed by atoms with van der Waals surface area (Å²) in [4.78, 5) is 4.32. The second-order valence-electron chi connectivity index (χ2n) is 3.83. The maximum atomic E-state index is 8.44. The molecule has 0 aliphatic carbocycles. The van der Waals surface area contributed by atoms with Gasteiger partial charge in [0.05, 0.1) is 12.6 Å². The molecule has 0 saturated heterocycles. The van der Waals surface area contributed by atoms with Crippen LogP contribution in [0.4, 0.5) is 0 Å². The topological polar surface area (TPSA) is 53.6 Å². The number of nitriles is 1. The van der Waals surface area contributed by atoms with Crippen molar-refractivity contribution in [2.24, 2.45) is 0 Å². The Labute approximate surface area is 97.3 Å². The molecule has 1 aromatic heterocycles. The van der Waals surface area contributed by atoms with E-state index in [0.29, 0.717) is 6.42 Å². The van der Waals surface area contributed by atoms with Crippen LogP contribution in [0.3, 0.4) is 0 Å². The summed E-state index contributed by atoms with van der Waals surface area (Å²) in [5.41, 5.74) is 0. The van der Waals surface area contributed by atoms with E-state index in [2.05, 4.69) is 27.9 Å². The van der Waals surface area contributed by atoms with E-state index in [1.165, 1.54) is 0 Å². The Morgan fingerprint density at radius 1 is 1.50 bits per heavy atom. The number of imidazole rings is 1. The second-order valence-corrected chi connectivity index (χ2v) is 3.83. The number of aryl methyl sites for hydroxylation is 1. The average molecular weight is 220 g/mol. The predicted molar refractivity (Wildman–Crippen MR) is 63.7 cm³/mol. The zero-order valence-corrected chi connectivity index (χ0v) is 9.95. The second kappa shape index (κ2) is 7.89. The molecule has 1 aromatic rings. The highest BCUT2D eigenvalue weighted by Gasteiger charge is 2.01. The fourth-order valence-electron chi connectivity index (χ4n) is 1.57. The van der Waals surface area contributed by atoms with Crippen molar-refractivity contribution in [3.05, 3.63) is 18.2 Å². The van der Waals surface area contributed by atoms with Crippen LogP contribution < -0.4 is 5.32 Å². The van der Waals surface area contributed by atoms with Crippen LogP contribution in [0, 0.1) is 11.3 Å². The van der Waals surface area contributed by atoms with Crippen LogP contribution in [0.1, 0.15) is 38.4 Å². The van der Waals surface area contributed by atoms with E-state index in [4.69, 9.17) is 5.26 Å². The van der Waals surface area contributed by atoms with Crippen molar-refractivity contribution in [3.63, 3.8) is 0 Å². The highest BCUT2D eigenvalue weighted by atomic mass is 15.1. The number of hydrogen-bond donors (Lipinski definition) is 1. The lowest BCUT2D eigenvalue weighted by molar-refractivity contribution is 0.562. The molecule has 1 rings (SSSR count). The van der Waals surface area contributed by atoms with Crippen molar-refractivity contribution in [2.45, 2.75) is 45.7 Å². The fraction of sp³-hybridized carbons (Fsp3) is 0.667. The summed E-state index contributed by atoms with van der Waals surface area (Å²) in [5, 5.41) is 11.8. The van der Waals surface area contributed by atoms with Crippen LogP contribution in [0.2, 0.25) is 0 Å². The van der Waals surface area contributed by atoms with Crippen molar-refractivity contribution >= 4 is 0 Å². The van der Waals surface area contributed by atoms with E-state index >= 15 is 0 Å². The first-order valence-electron chi connectivity index (χ1n) is 5.96. The van der Waals surface area contributed by atoms with Crippen LogP contribution in [0.5, 0.6) is 0 Å². The number of nitrogens with one attached hydrogen (secondary N) is 1. The van der Waals surface area contributed by atoms with Gasteiger partial charge in [0.25, 0.3) is 0 Å². The number of nitrogens with zero attached hydrogens (tertiary/aromatic N) is 3. The molecule has 4 heteroatoms. The Bertz CT molecular complexity index is 324. The zero-order chi connectivity index (χ0) is 11.6. The molecule has 0 saturated carbocycles. The maximum absolute atomic E-state index is 8.44. The third-order valence-electron chi connectivity index (χ3n) is 2.45. The monoisotopic (exact) mass is 220 g/mol. The summed E-state index contributed by atoms with van der Waals surface area (Å²) >= 11 is 0. The summed E-state index contributed by atoms with van der Waals surface area (Å²) in [7, 11) is 0. The first-order chi connectivity index (χ1) is 7.88. The molecule has 0 aromatic carbocycles. The molecule has 1 N–H and O–H groups in total. The Hall–Kier alpha value is -1.34. The van der Waals surface area contributed by atoms with Crippen LogP contribution in [-0.2, 0) is 13.1 Å². The lowest BCUT2D eigenvalue weighted by atomic mass is 10.2. The number of rotatable bonds is 8. The highest BCUT2D eigenvalue weighted by molar-refractivity contribution is 4.91. The summed E-state index contributed by atoms with van der Waals surface area (Å²) in [5.74, 6) is 1.09. The lowest BCUT2D eigenvalue weighted by Crippen LogP contribution is -2.17. The van der Waals surface area contributed by atoms with Gasteiger partial charge in [0, 0.05) is 25.4 Å². The minimum absolute atomic E-state index is 0.651. The Morgan fingerprint density at radius 2 is 2.38 bits per heavy atom. The lowest BCUT2D eigenvalue weighted by Gasteiger charge is -2.07. The van der Waals surface area contributed by atoms with Crippen molar-refractivity contribution < 1.29 is 0 Å². The molecule has 0 aliphatic rings. The van der Waals surface area contributed by atoms with Gasteiger partial charge in [-0.1, -0.05) is 6.92 Å². The molecule has 16 heavy (non-hydrogen) atoms. The molecule has 0 spiro atoms. The molecule has 0 bridgehead atoms. The molecule has 88 valence electrons. The van der Waals surface area contributed by atoms with Crippen LogP contribution in [0.15, 0.2) is 12.4 Å². The van der Waals surface area contributed by atoms with Crippen molar-refractivity contribution in [1.82, 2.24) is 14.9 Å². The third-order valence-corrected chi connectivity index (χ3v) is 2.45. The van der Waals surface area contributed by atoms with Gasteiger partial charge < -0.3 is 9.88 Å². The summed E-state index contributed by atoms with van der Waals surface area (Å²) < 4.78 is 2.17. The Morgan fingerprint density at radius 3 is 3.12 bits per heavy atom. The molecular formula is C12H20N4. The van der Waals surface area contributed by atoms with Gasteiger partial charge in [-0.2, -0.15) is 5.26 Å². The predicted octanol–water partition coefficient (Wildman–Crippen LogP) is 2.08. The molecule has 0 fully saturated rings. The van der Waals surface area contributed by atoms with Gasteiger partial charge in [0.2, 0.25) is 0 Å². The van der Waals surface area contributed by atoms with E-state index in [1.54, 1.807) is 0 Å². The average Bonchev–Trinajstić information content (AvgIpc) is 2.73. The Balaban J connectivity index is 2.29. The van der Waals surface area contributed by atoms with E-state index in [1.807, 2.05) is 12.4 Å². The molecule has 4 nitrogen and oxygen atoms in total. The van der Waals surface area contributed by atoms with Gasteiger partial charge in [0.15, 0.2) is 0 Å². The first kappa shape index (κ1) is 12.7. The smallest absolute Gasteiger partial charge is 0.122 e. The number of hydrogen-bond acceptors (Lipinski definition) is 3. The molecule has 1 heterocycles. The van der Waals surface area contributed by atoms with Crippen molar-refractivity contribution in [2.75, 3.05) is 6.54 Å². The van der Waals surface area contributed by atoms with Crippen molar-refractivity contribution in [1.29, 1.82) is 5.26 Å². The van der Waals surface area contributed by atoms with Gasteiger partial charge in [-0.05, 0) is 25.8 Å². The zero-order valence-electron chi connectivity index (χ0n) is 9.95. The van der Waals surface area contributed by atoms with Crippen LogP contribution in [0.25, 0.3) is 0 Å². The maximum Gasteiger partial charge on any atom is 0.122 e. The van der Waals surface area contributed by atoms with Gasteiger partial charge in [0.1, 0.15) is 5.82 Å². The van der Waals surface area contributed by atoms with Crippen LogP contribution in [-0.4, -0.2) is 16.1 Å². The SMILES string of the molecule is CCCNCc1nccn1CCCCC#N. The number of unbranched alkanes of at least 4 members (excludes halogenated alkanes) is 2. The standard InChI is InChI=1S/C12H20N4/c1-2-7-14-11-12-15-8-10-16(12)9-5-3-4-6-13/h8,10,14H,2-5,7,9,11H2,1H3. The fourth-order valence-corrected chi connectivity index (χ4v) is 1.57. The number of aromatic nitrogens is 2. The van der Waals surface area contributed by atoms with Gasteiger partial charge in [-0.25, -0.2) is 4.98 Å². The summed E-state index contributed by atoms with van der Waals surface area (Å²) in [6.45, 7) is 4.98. The Kier molecular flexibility index (Phi) is 6.28. The van der Waals surface area contributed by atoms with Gasteiger partial charge in [-0.3, -0.25) is 0 Å². The van der Waals surface area contributed by atoms with Crippen molar-refractivity contribution in [3.8, 4) is 6.07 Å². The molecular weight excluding hydrogens is 200 g/mol. The van der Waals surface area contributed by atoms with E-state index in [9.17, 15) is 0 Å². The molecule has 0 unspecified atom stereocenters.